The third kappa shape index (κ3) is 14.1. The SMILES string of the molecule is C[C@@H]1CN(CC(=O)N2CC(C)(C)c3[nH]c(=O)c(Cc4ccc(F)cc4)cc32)[C@@H](CN2CCO[C@H](COc3ccc(C#N)c(OC[C@@H]4CN(C[C@H]5CN[C@H](C)CN5CC(=O)N5CC(C)(C)c6[nH]c(=O)c(Cc7ccc(F)cc7)cc65)CCO4)c3)C2)CN1. The lowest BCUT2D eigenvalue weighted by Crippen LogP contribution is -2.61. The highest BCUT2D eigenvalue weighted by Crippen LogP contribution is 2.41. The van der Waals surface area contributed by atoms with Crippen molar-refractivity contribution in [2.45, 2.75) is 102 Å². The molecule has 5 aromatic rings. The molecule has 6 atom stereocenters. The number of nitrogens with one attached hydrogen (secondary N) is 4. The minimum atomic E-state index is -0.462. The van der Waals surface area contributed by atoms with Crippen LogP contribution in [0.25, 0.3) is 0 Å². The average molecular weight is 1180 g/mol. The maximum absolute atomic E-state index is 14.4. The van der Waals surface area contributed by atoms with E-state index in [9.17, 15) is 33.2 Å². The van der Waals surface area contributed by atoms with Crippen LogP contribution in [0.4, 0.5) is 20.2 Å². The van der Waals surface area contributed by atoms with E-state index in [1.54, 1.807) is 42.5 Å². The number of halogens is 2. The number of aromatic nitrogens is 2. The van der Waals surface area contributed by atoms with Gasteiger partial charge in [0.05, 0.1) is 43.2 Å². The molecule has 11 rings (SSSR count). The molecule has 2 amide bonds. The summed E-state index contributed by atoms with van der Waals surface area (Å²) in [6.45, 7) is 22.1. The second-order valence-corrected chi connectivity index (χ2v) is 25.8. The number of amides is 2. The van der Waals surface area contributed by atoms with Gasteiger partial charge in [0.1, 0.15) is 54.6 Å². The molecule has 0 spiro atoms. The Kier molecular flexibility index (Phi) is 18.3. The Morgan fingerprint density at radius 1 is 0.640 bits per heavy atom. The number of anilines is 2. The van der Waals surface area contributed by atoms with E-state index in [-0.39, 0.29) is 97.2 Å². The van der Waals surface area contributed by atoms with E-state index in [1.165, 1.54) is 24.3 Å². The van der Waals surface area contributed by atoms with Crippen molar-refractivity contribution in [2.75, 3.05) is 128 Å². The van der Waals surface area contributed by atoms with Gasteiger partial charge in [0.15, 0.2) is 0 Å². The van der Waals surface area contributed by atoms with Gasteiger partial charge in [-0.15, -0.1) is 0 Å². The zero-order valence-corrected chi connectivity index (χ0v) is 50.3. The van der Waals surface area contributed by atoms with Crippen molar-refractivity contribution in [3.8, 4) is 17.6 Å². The van der Waals surface area contributed by atoms with Crippen molar-refractivity contribution in [1.82, 2.24) is 40.2 Å². The van der Waals surface area contributed by atoms with Crippen molar-refractivity contribution in [3.05, 3.63) is 150 Å². The molecule has 4 N–H and O–H groups in total. The van der Waals surface area contributed by atoms with Crippen LogP contribution >= 0.6 is 0 Å². The number of H-pyrrole nitrogens is 2. The number of fused-ring (bicyclic) bond motifs is 2. The third-order valence-corrected chi connectivity index (χ3v) is 17.9. The fourth-order valence-electron chi connectivity index (χ4n) is 13.2. The molecule has 3 aromatic carbocycles. The van der Waals surface area contributed by atoms with Crippen LogP contribution in [-0.2, 0) is 42.7 Å². The van der Waals surface area contributed by atoms with Gasteiger partial charge in [0, 0.05) is 155 Å². The molecule has 8 heterocycles. The largest absolute Gasteiger partial charge is 0.491 e. The standard InChI is InChI=1S/C65H81F2N11O8/c1-41-29-75(35-58(79)77-39-64(3,4)60-55(77)23-46(62(81)71-60)21-43-7-12-48(66)13-8-43)50(27-69-41)31-73-17-19-83-53(33-73)37-85-52-16-11-45(26-68)57(25-52)86-38-54-34-74(18-20-84-54)32-51-28-70-42(2)30-76(51)36-59(80)78-40-65(5,6)61-56(78)24-47(63(82)72-61)22-44-9-14-49(67)15-10-44/h7-16,23-25,41-42,50-51,53-54,69-70H,17-22,27-40H2,1-6H3,(H,71,81)(H,72,82)/t41-,42-,50-,51-,53+,54+/m1/s1. The van der Waals surface area contributed by atoms with Crippen molar-refractivity contribution < 1.29 is 37.3 Å². The highest BCUT2D eigenvalue weighted by molar-refractivity contribution is 5.98. The van der Waals surface area contributed by atoms with E-state index in [4.69, 9.17) is 18.9 Å². The highest BCUT2D eigenvalue weighted by Gasteiger charge is 2.43. The number of rotatable bonds is 18. The molecule has 19 nitrogen and oxygen atoms in total. The summed E-state index contributed by atoms with van der Waals surface area (Å²) in [4.78, 5) is 74.6. The second-order valence-electron chi connectivity index (χ2n) is 25.8. The van der Waals surface area contributed by atoms with E-state index in [0.717, 1.165) is 35.6 Å². The quantitative estimate of drug-likeness (QED) is 0.0953. The summed E-state index contributed by atoms with van der Waals surface area (Å²) in [6.07, 6.45) is 0.124. The number of nitrogens with zero attached hydrogens (tertiary/aromatic N) is 7. The van der Waals surface area contributed by atoms with Crippen LogP contribution < -0.4 is 41.0 Å². The number of piperazine rings is 2. The summed E-state index contributed by atoms with van der Waals surface area (Å²) in [5, 5.41) is 17.4. The van der Waals surface area contributed by atoms with E-state index in [1.807, 2.05) is 49.6 Å². The first-order valence-electron chi connectivity index (χ1n) is 30.3. The Hall–Kier alpha value is -6.87. The number of hydrogen-bond donors (Lipinski definition) is 4. The lowest BCUT2D eigenvalue weighted by molar-refractivity contribution is -0.121. The number of hydrogen-bond acceptors (Lipinski definition) is 15. The molecule has 0 unspecified atom stereocenters. The first kappa shape index (κ1) is 60.8. The van der Waals surface area contributed by atoms with Crippen LogP contribution in [0, 0.1) is 23.0 Å². The van der Waals surface area contributed by atoms with E-state index in [0.29, 0.717) is 131 Å². The minimum Gasteiger partial charge on any atom is -0.491 e. The predicted octanol–water partition coefficient (Wildman–Crippen LogP) is 4.53. The van der Waals surface area contributed by atoms with Gasteiger partial charge >= 0.3 is 0 Å². The lowest BCUT2D eigenvalue weighted by atomic mass is 9.91. The molecule has 6 aliphatic heterocycles. The molecule has 0 radical (unpaired) electrons. The van der Waals surface area contributed by atoms with E-state index >= 15 is 0 Å². The van der Waals surface area contributed by atoms with Gasteiger partial charge in [-0.05, 0) is 73.5 Å². The maximum atomic E-state index is 14.4. The molecular formula is C65H81F2N11O8. The van der Waals surface area contributed by atoms with Gasteiger partial charge < -0.3 is 49.3 Å². The number of carbonyl (C=O) groups excluding carboxylic acids is 2. The smallest absolute Gasteiger partial charge is 0.251 e. The number of morpholine rings is 2. The molecule has 0 aliphatic carbocycles. The number of ether oxygens (including phenoxy) is 4. The lowest BCUT2D eigenvalue weighted by Gasteiger charge is -2.43. The number of benzene rings is 3. The number of carbonyl (C=O) groups is 2. The molecule has 6 aliphatic rings. The van der Waals surface area contributed by atoms with Crippen molar-refractivity contribution in [1.29, 1.82) is 5.26 Å². The Morgan fingerprint density at radius 2 is 1.09 bits per heavy atom. The van der Waals surface area contributed by atoms with Crippen molar-refractivity contribution in [2.24, 2.45) is 0 Å². The number of aromatic amines is 2. The first-order chi connectivity index (χ1) is 41.2. The van der Waals surface area contributed by atoms with Gasteiger partial charge in [-0.2, -0.15) is 5.26 Å². The van der Waals surface area contributed by atoms with Crippen molar-refractivity contribution in [3.63, 3.8) is 0 Å². The van der Waals surface area contributed by atoms with Crippen LogP contribution in [-0.4, -0.2) is 196 Å². The Balaban J connectivity index is 0.668. The Morgan fingerprint density at radius 3 is 1.55 bits per heavy atom. The fraction of sp³-hybridized carbons (Fsp3) is 0.523. The molecule has 21 heteroatoms. The molecule has 2 aromatic heterocycles. The van der Waals surface area contributed by atoms with Gasteiger partial charge in [0.2, 0.25) is 11.8 Å². The summed E-state index contributed by atoms with van der Waals surface area (Å²) in [7, 11) is 0. The summed E-state index contributed by atoms with van der Waals surface area (Å²) >= 11 is 0. The molecular weight excluding hydrogens is 1100 g/mol. The normalized spacial score (nSPS) is 24.3. The third-order valence-electron chi connectivity index (χ3n) is 17.9. The minimum absolute atomic E-state index is 0.0302. The van der Waals surface area contributed by atoms with Gasteiger partial charge in [-0.1, -0.05) is 52.0 Å². The van der Waals surface area contributed by atoms with Crippen LogP contribution in [0.3, 0.4) is 0 Å². The molecule has 4 fully saturated rings. The van der Waals surface area contributed by atoms with Crippen LogP contribution in [0.15, 0.2) is 88.5 Å². The topological polar surface area (TPSA) is 204 Å². The Labute approximate surface area is 501 Å². The summed E-state index contributed by atoms with van der Waals surface area (Å²) in [5.74, 6) is 0.203. The second kappa shape index (κ2) is 25.8. The number of pyridine rings is 2. The molecule has 0 saturated carbocycles. The summed E-state index contributed by atoms with van der Waals surface area (Å²) in [6, 6.07) is 23.8. The van der Waals surface area contributed by atoms with Crippen LogP contribution in [0.5, 0.6) is 11.5 Å². The average Bonchev–Trinajstić information content (AvgIpc) is 1.95. The molecule has 458 valence electrons. The Bertz CT molecular complexity index is 3430. The van der Waals surface area contributed by atoms with E-state index < -0.39 is 10.8 Å². The predicted molar refractivity (Wildman–Crippen MR) is 323 cm³/mol. The molecule has 4 saturated heterocycles. The van der Waals surface area contributed by atoms with Gasteiger partial charge in [-0.25, -0.2) is 8.78 Å². The van der Waals surface area contributed by atoms with Gasteiger partial charge in [-0.3, -0.25) is 38.8 Å². The van der Waals surface area contributed by atoms with Crippen molar-refractivity contribution >= 4 is 23.2 Å². The van der Waals surface area contributed by atoms with Gasteiger partial charge in [0.25, 0.3) is 11.1 Å². The highest BCUT2D eigenvalue weighted by atomic mass is 19.1. The van der Waals surface area contributed by atoms with Crippen LogP contribution in [0.2, 0.25) is 0 Å². The monoisotopic (exact) mass is 1180 g/mol. The fourth-order valence-corrected chi connectivity index (χ4v) is 13.2. The number of nitriles is 1. The van der Waals surface area contributed by atoms with Crippen LogP contribution in [0.1, 0.15) is 80.7 Å². The molecule has 86 heavy (non-hydrogen) atoms. The van der Waals surface area contributed by atoms with E-state index in [2.05, 4.69) is 60.1 Å². The zero-order valence-electron chi connectivity index (χ0n) is 50.3. The summed E-state index contributed by atoms with van der Waals surface area (Å²) < 4.78 is 52.5. The molecule has 0 bridgehead atoms. The zero-order chi connectivity index (χ0) is 60.4. The summed E-state index contributed by atoms with van der Waals surface area (Å²) in [5.41, 5.74) is 4.60. The first-order valence-corrected chi connectivity index (χ1v) is 30.3. The maximum Gasteiger partial charge on any atom is 0.251 e.